The predicted octanol–water partition coefficient (Wildman–Crippen LogP) is 3.12. The second-order valence-electron chi connectivity index (χ2n) is 4.16. The fourth-order valence-electron chi connectivity index (χ4n) is 1.92. The Morgan fingerprint density at radius 1 is 1.33 bits per heavy atom. The minimum absolute atomic E-state index is 0.227. The van der Waals surface area contributed by atoms with E-state index in [1.54, 1.807) is 11.3 Å². The molecular weight excluding hydrogens is 268 g/mol. The van der Waals surface area contributed by atoms with Crippen LogP contribution in [0.25, 0.3) is 11.3 Å². The van der Waals surface area contributed by atoms with Crippen LogP contribution in [0, 0.1) is 0 Å². The predicted molar refractivity (Wildman–Crippen MR) is 74.1 cm³/mol. The summed E-state index contributed by atoms with van der Waals surface area (Å²) in [4.78, 5) is 4.67. The van der Waals surface area contributed by atoms with Crippen molar-refractivity contribution in [1.29, 1.82) is 0 Å². The van der Waals surface area contributed by atoms with E-state index in [0.29, 0.717) is 6.61 Å². The van der Waals surface area contributed by atoms with Crippen molar-refractivity contribution < 1.29 is 4.74 Å². The number of hydrogen-bond donors (Lipinski definition) is 1. The van der Waals surface area contributed by atoms with E-state index in [-0.39, 0.29) is 6.04 Å². The lowest BCUT2D eigenvalue weighted by Crippen LogP contribution is -2.34. The highest BCUT2D eigenvalue weighted by atomic mass is 35.5. The fraction of sp³-hybridized carbons (Fsp3) is 0.308. The van der Waals surface area contributed by atoms with E-state index in [2.05, 4.69) is 15.7 Å². The third-order valence-electron chi connectivity index (χ3n) is 2.88. The van der Waals surface area contributed by atoms with Gasteiger partial charge in [0, 0.05) is 22.5 Å². The van der Waals surface area contributed by atoms with Crippen LogP contribution in [0.15, 0.2) is 29.6 Å². The van der Waals surface area contributed by atoms with Crippen molar-refractivity contribution in [2.45, 2.75) is 6.04 Å². The van der Waals surface area contributed by atoms with Gasteiger partial charge >= 0.3 is 0 Å². The molecule has 1 aromatic carbocycles. The third-order valence-corrected chi connectivity index (χ3v) is 4.09. The molecule has 1 saturated heterocycles. The van der Waals surface area contributed by atoms with Gasteiger partial charge in [-0.2, -0.15) is 0 Å². The first-order valence-corrected chi connectivity index (χ1v) is 7.11. The monoisotopic (exact) mass is 280 g/mol. The Morgan fingerprint density at radius 3 is 2.89 bits per heavy atom. The van der Waals surface area contributed by atoms with Crippen LogP contribution in [0.2, 0.25) is 5.02 Å². The average molecular weight is 281 g/mol. The number of morpholine rings is 1. The second-order valence-corrected chi connectivity index (χ2v) is 5.49. The molecule has 3 nitrogen and oxygen atoms in total. The summed E-state index contributed by atoms with van der Waals surface area (Å²) in [7, 11) is 0. The summed E-state index contributed by atoms with van der Waals surface area (Å²) < 4.78 is 5.45. The number of nitrogens with zero attached hydrogens (tertiary/aromatic N) is 1. The molecule has 0 spiro atoms. The van der Waals surface area contributed by atoms with E-state index in [1.165, 1.54) is 0 Å². The van der Waals surface area contributed by atoms with Gasteiger partial charge in [-0.3, -0.25) is 0 Å². The molecule has 1 atom stereocenters. The molecule has 0 amide bonds. The zero-order valence-corrected chi connectivity index (χ0v) is 11.3. The summed E-state index contributed by atoms with van der Waals surface area (Å²) in [6.07, 6.45) is 0. The molecule has 2 heterocycles. The summed E-state index contributed by atoms with van der Waals surface area (Å²) in [6.45, 7) is 2.38. The Bertz CT molecular complexity index is 520. The molecule has 0 bridgehead atoms. The van der Waals surface area contributed by atoms with Gasteiger partial charge in [-0.05, 0) is 12.1 Å². The number of ether oxygens (including phenoxy) is 1. The van der Waals surface area contributed by atoms with Gasteiger partial charge in [-0.25, -0.2) is 4.98 Å². The Hall–Kier alpha value is -0.940. The lowest BCUT2D eigenvalue weighted by molar-refractivity contribution is 0.0768. The fourth-order valence-corrected chi connectivity index (χ4v) is 2.94. The number of benzene rings is 1. The smallest absolute Gasteiger partial charge is 0.113 e. The molecule has 0 radical (unpaired) electrons. The number of halogens is 1. The molecule has 3 rings (SSSR count). The van der Waals surface area contributed by atoms with E-state index in [0.717, 1.165) is 34.4 Å². The first kappa shape index (κ1) is 12.1. The minimum atomic E-state index is 0.227. The lowest BCUT2D eigenvalue weighted by atomic mass is 10.2. The van der Waals surface area contributed by atoms with Crippen LogP contribution >= 0.6 is 22.9 Å². The maximum absolute atomic E-state index is 5.88. The van der Waals surface area contributed by atoms with Crippen molar-refractivity contribution in [3.05, 3.63) is 39.7 Å². The summed E-state index contributed by atoms with van der Waals surface area (Å²) in [6, 6.07) is 7.98. The van der Waals surface area contributed by atoms with Gasteiger partial charge in [0.25, 0.3) is 0 Å². The summed E-state index contributed by atoms with van der Waals surface area (Å²) in [5.41, 5.74) is 2.10. The summed E-state index contributed by atoms with van der Waals surface area (Å²) in [5, 5.41) is 7.32. The van der Waals surface area contributed by atoms with Gasteiger partial charge in [-0.15, -0.1) is 11.3 Å². The third kappa shape index (κ3) is 2.57. The van der Waals surface area contributed by atoms with Gasteiger partial charge < -0.3 is 10.1 Å². The molecule has 2 aromatic rings. The minimum Gasteiger partial charge on any atom is -0.378 e. The molecule has 1 N–H and O–H groups in total. The number of aromatic nitrogens is 1. The van der Waals surface area contributed by atoms with Crippen molar-refractivity contribution in [3.63, 3.8) is 0 Å². The molecule has 94 valence electrons. The van der Waals surface area contributed by atoms with Crippen molar-refractivity contribution in [2.75, 3.05) is 19.8 Å². The van der Waals surface area contributed by atoms with Crippen LogP contribution in [-0.4, -0.2) is 24.7 Å². The average Bonchev–Trinajstić information content (AvgIpc) is 2.90. The Morgan fingerprint density at radius 2 is 2.17 bits per heavy atom. The largest absolute Gasteiger partial charge is 0.378 e. The van der Waals surface area contributed by atoms with Crippen molar-refractivity contribution in [2.24, 2.45) is 0 Å². The van der Waals surface area contributed by atoms with Gasteiger partial charge in [0.2, 0.25) is 0 Å². The zero-order valence-electron chi connectivity index (χ0n) is 9.73. The molecule has 1 aliphatic rings. The van der Waals surface area contributed by atoms with Crippen LogP contribution in [0.3, 0.4) is 0 Å². The van der Waals surface area contributed by atoms with Gasteiger partial charge in [0.15, 0.2) is 0 Å². The standard InChI is InChI=1S/C13H13ClN2OS/c14-10-3-1-9(2-4-10)12-8-18-13(16-12)11-7-17-6-5-15-11/h1-4,8,11,15H,5-7H2. The van der Waals surface area contributed by atoms with Crippen LogP contribution in [0.1, 0.15) is 11.0 Å². The summed E-state index contributed by atoms with van der Waals surface area (Å²) in [5.74, 6) is 0. The molecular formula is C13H13ClN2OS. The van der Waals surface area contributed by atoms with E-state index >= 15 is 0 Å². The number of rotatable bonds is 2. The Labute approximate surface area is 115 Å². The highest BCUT2D eigenvalue weighted by Crippen LogP contribution is 2.27. The normalized spacial score (nSPS) is 19.9. The van der Waals surface area contributed by atoms with Gasteiger partial charge in [0.05, 0.1) is 24.9 Å². The molecule has 1 aromatic heterocycles. The number of thiazole rings is 1. The van der Waals surface area contributed by atoms with Crippen LogP contribution in [0.4, 0.5) is 0 Å². The topological polar surface area (TPSA) is 34.1 Å². The highest BCUT2D eigenvalue weighted by molar-refractivity contribution is 7.10. The van der Waals surface area contributed by atoms with E-state index in [4.69, 9.17) is 16.3 Å². The zero-order chi connectivity index (χ0) is 12.4. The Kier molecular flexibility index (Phi) is 3.61. The molecule has 1 fully saturated rings. The van der Waals surface area contributed by atoms with E-state index in [9.17, 15) is 0 Å². The SMILES string of the molecule is Clc1ccc(-c2csc(C3COCCN3)n2)cc1. The quantitative estimate of drug-likeness (QED) is 0.918. The first-order chi connectivity index (χ1) is 8.83. The number of nitrogens with one attached hydrogen (secondary N) is 1. The molecule has 1 unspecified atom stereocenters. The molecule has 5 heteroatoms. The highest BCUT2D eigenvalue weighted by Gasteiger charge is 2.18. The molecule has 1 aliphatic heterocycles. The molecule has 18 heavy (non-hydrogen) atoms. The van der Waals surface area contributed by atoms with Crippen LogP contribution in [0.5, 0.6) is 0 Å². The number of hydrogen-bond acceptors (Lipinski definition) is 4. The van der Waals surface area contributed by atoms with Crippen molar-refractivity contribution >= 4 is 22.9 Å². The van der Waals surface area contributed by atoms with Gasteiger partial charge in [-0.1, -0.05) is 23.7 Å². The maximum Gasteiger partial charge on any atom is 0.113 e. The van der Waals surface area contributed by atoms with Crippen molar-refractivity contribution in [1.82, 2.24) is 10.3 Å². The summed E-state index contributed by atoms with van der Waals surface area (Å²) >= 11 is 7.55. The van der Waals surface area contributed by atoms with Crippen molar-refractivity contribution in [3.8, 4) is 11.3 Å². The van der Waals surface area contributed by atoms with Crippen LogP contribution in [-0.2, 0) is 4.74 Å². The van der Waals surface area contributed by atoms with E-state index in [1.807, 2.05) is 24.3 Å². The van der Waals surface area contributed by atoms with Gasteiger partial charge in [0.1, 0.15) is 5.01 Å². The van der Waals surface area contributed by atoms with Crippen LogP contribution < -0.4 is 5.32 Å². The van der Waals surface area contributed by atoms with E-state index < -0.39 is 0 Å². The molecule has 0 aliphatic carbocycles. The second kappa shape index (κ2) is 5.36. The molecule has 0 saturated carbocycles. The Balaban J connectivity index is 1.82. The first-order valence-electron chi connectivity index (χ1n) is 5.85. The maximum atomic E-state index is 5.88. The lowest BCUT2D eigenvalue weighted by Gasteiger charge is -2.21.